The Morgan fingerprint density at radius 2 is 1.75 bits per heavy atom. The van der Waals surface area contributed by atoms with Crippen molar-refractivity contribution in [2.75, 3.05) is 0 Å². The van der Waals surface area contributed by atoms with Crippen LogP contribution in [-0.2, 0) is 6.54 Å². The maximum atomic E-state index is 5.56. The summed E-state index contributed by atoms with van der Waals surface area (Å²) in [4.78, 5) is 4.47. The number of hydrogen-bond donors (Lipinski definition) is 1. The van der Waals surface area contributed by atoms with E-state index < -0.39 is 0 Å². The topological polar surface area (TPSA) is 38.9 Å². The predicted octanol–water partition coefficient (Wildman–Crippen LogP) is 2.94. The molecule has 84 valence electrons. The maximum Gasteiger partial charge on any atom is 0.0705 e. The number of nitrogens with two attached hydrogens (primary N) is 1. The first-order valence-electron chi connectivity index (χ1n) is 5.02. The van der Waals surface area contributed by atoms with E-state index in [4.69, 9.17) is 5.73 Å². The molecule has 2 aromatic rings. The van der Waals surface area contributed by atoms with Crippen LogP contribution in [0.1, 0.15) is 11.3 Å². The normalized spacial score (nSPS) is 9.62. The summed E-state index contributed by atoms with van der Waals surface area (Å²) >= 11 is 0. The van der Waals surface area contributed by atoms with Crippen LogP contribution in [0.15, 0.2) is 42.5 Å². The number of benzene rings is 1. The van der Waals surface area contributed by atoms with Gasteiger partial charge in [-0.3, -0.25) is 4.98 Å². The van der Waals surface area contributed by atoms with E-state index in [1.165, 1.54) is 5.56 Å². The van der Waals surface area contributed by atoms with E-state index >= 15 is 0 Å². The summed E-state index contributed by atoms with van der Waals surface area (Å²) in [5, 5.41) is 0. The van der Waals surface area contributed by atoms with Crippen LogP contribution in [0.5, 0.6) is 0 Å². The van der Waals surface area contributed by atoms with Crippen LogP contribution in [0.3, 0.4) is 0 Å². The molecule has 2 nitrogen and oxygen atoms in total. The quantitative estimate of drug-likeness (QED) is 0.868. The summed E-state index contributed by atoms with van der Waals surface area (Å²) in [5.41, 5.74) is 9.86. The van der Waals surface area contributed by atoms with Crippen molar-refractivity contribution in [1.82, 2.24) is 4.98 Å². The van der Waals surface area contributed by atoms with E-state index in [2.05, 4.69) is 36.2 Å². The Hall–Kier alpha value is -1.38. The van der Waals surface area contributed by atoms with Crippen molar-refractivity contribution in [3.63, 3.8) is 0 Å². The van der Waals surface area contributed by atoms with Crippen molar-refractivity contribution in [3.8, 4) is 11.3 Å². The van der Waals surface area contributed by atoms with Crippen molar-refractivity contribution in [1.29, 1.82) is 0 Å². The molecule has 0 saturated carbocycles. The van der Waals surface area contributed by atoms with Crippen molar-refractivity contribution in [2.45, 2.75) is 13.5 Å². The van der Waals surface area contributed by atoms with E-state index in [1.807, 2.05) is 18.2 Å². The van der Waals surface area contributed by atoms with Crippen LogP contribution in [0.25, 0.3) is 11.3 Å². The molecule has 0 aliphatic carbocycles. The lowest BCUT2D eigenvalue weighted by atomic mass is 10.1. The molecule has 0 fully saturated rings. The highest BCUT2D eigenvalue weighted by Crippen LogP contribution is 2.17. The van der Waals surface area contributed by atoms with Crippen molar-refractivity contribution in [2.24, 2.45) is 5.73 Å². The average molecular weight is 235 g/mol. The molecular weight excluding hydrogens is 220 g/mol. The fourth-order valence-electron chi connectivity index (χ4n) is 1.48. The SMILES string of the molecule is Cc1ccc(-c2cccc(CN)n2)cc1.Cl. The van der Waals surface area contributed by atoms with Gasteiger partial charge in [-0.25, -0.2) is 0 Å². The van der Waals surface area contributed by atoms with Crippen LogP contribution in [0.2, 0.25) is 0 Å². The molecular formula is C13H15ClN2. The largest absolute Gasteiger partial charge is 0.325 e. The van der Waals surface area contributed by atoms with E-state index in [9.17, 15) is 0 Å². The van der Waals surface area contributed by atoms with Gasteiger partial charge in [0.2, 0.25) is 0 Å². The third kappa shape index (κ3) is 2.81. The van der Waals surface area contributed by atoms with E-state index in [-0.39, 0.29) is 12.4 Å². The molecule has 3 heteroatoms. The van der Waals surface area contributed by atoms with E-state index in [0.29, 0.717) is 6.54 Å². The van der Waals surface area contributed by atoms with Crippen LogP contribution >= 0.6 is 12.4 Å². The highest BCUT2D eigenvalue weighted by molar-refractivity contribution is 5.85. The number of pyridine rings is 1. The van der Waals surface area contributed by atoms with Gasteiger partial charge in [-0.05, 0) is 19.1 Å². The Bertz CT molecular complexity index is 452. The third-order valence-electron chi connectivity index (χ3n) is 2.36. The second-order valence-electron chi connectivity index (χ2n) is 3.58. The van der Waals surface area contributed by atoms with E-state index in [1.54, 1.807) is 0 Å². The molecule has 1 heterocycles. The summed E-state index contributed by atoms with van der Waals surface area (Å²) in [5.74, 6) is 0. The third-order valence-corrected chi connectivity index (χ3v) is 2.36. The van der Waals surface area contributed by atoms with Crippen molar-refractivity contribution >= 4 is 12.4 Å². The first kappa shape index (κ1) is 12.7. The van der Waals surface area contributed by atoms with Crippen molar-refractivity contribution in [3.05, 3.63) is 53.7 Å². The smallest absolute Gasteiger partial charge is 0.0705 e. The Morgan fingerprint density at radius 1 is 1.06 bits per heavy atom. The highest BCUT2D eigenvalue weighted by atomic mass is 35.5. The van der Waals surface area contributed by atoms with E-state index in [0.717, 1.165) is 17.0 Å². The maximum absolute atomic E-state index is 5.56. The predicted molar refractivity (Wildman–Crippen MR) is 69.5 cm³/mol. The van der Waals surface area contributed by atoms with Gasteiger partial charge in [-0.2, -0.15) is 0 Å². The average Bonchev–Trinajstić information content (AvgIpc) is 2.30. The molecule has 0 radical (unpaired) electrons. The lowest BCUT2D eigenvalue weighted by molar-refractivity contribution is 0.993. The Labute approximate surface area is 102 Å². The first-order valence-corrected chi connectivity index (χ1v) is 5.02. The zero-order valence-corrected chi connectivity index (χ0v) is 10.00. The molecule has 16 heavy (non-hydrogen) atoms. The number of hydrogen-bond acceptors (Lipinski definition) is 2. The number of rotatable bonds is 2. The van der Waals surface area contributed by atoms with Crippen LogP contribution in [0.4, 0.5) is 0 Å². The molecule has 0 saturated heterocycles. The Morgan fingerprint density at radius 3 is 2.38 bits per heavy atom. The minimum atomic E-state index is 0. The van der Waals surface area contributed by atoms with Crippen LogP contribution < -0.4 is 5.73 Å². The Kier molecular flexibility index (Phi) is 4.47. The zero-order chi connectivity index (χ0) is 10.7. The fraction of sp³-hybridized carbons (Fsp3) is 0.154. The zero-order valence-electron chi connectivity index (χ0n) is 9.18. The molecule has 1 aromatic heterocycles. The molecule has 0 aliphatic heterocycles. The van der Waals surface area contributed by atoms with Gasteiger partial charge in [0.15, 0.2) is 0 Å². The minimum absolute atomic E-state index is 0. The molecule has 0 unspecified atom stereocenters. The minimum Gasteiger partial charge on any atom is -0.325 e. The number of nitrogens with zero attached hydrogens (tertiary/aromatic N) is 1. The van der Waals surface area contributed by atoms with Gasteiger partial charge in [-0.1, -0.05) is 35.9 Å². The second-order valence-corrected chi connectivity index (χ2v) is 3.58. The van der Waals surface area contributed by atoms with Crippen LogP contribution in [0, 0.1) is 6.92 Å². The monoisotopic (exact) mass is 234 g/mol. The summed E-state index contributed by atoms with van der Waals surface area (Å²) in [7, 11) is 0. The Balaban J connectivity index is 0.00000128. The van der Waals surface area contributed by atoms with Gasteiger partial charge < -0.3 is 5.73 Å². The first-order chi connectivity index (χ1) is 7.29. The molecule has 0 amide bonds. The fourth-order valence-corrected chi connectivity index (χ4v) is 1.48. The van der Waals surface area contributed by atoms with Gasteiger partial charge in [0.1, 0.15) is 0 Å². The van der Waals surface area contributed by atoms with Gasteiger partial charge in [-0.15, -0.1) is 12.4 Å². The standard InChI is InChI=1S/C13H14N2.ClH/c1-10-5-7-11(8-6-10)13-4-2-3-12(9-14)15-13;/h2-8H,9,14H2,1H3;1H. The highest BCUT2D eigenvalue weighted by Gasteiger charge is 1.99. The lowest BCUT2D eigenvalue weighted by Crippen LogP contribution is -1.99. The van der Waals surface area contributed by atoms with Crippen molar-refractivity contribution < 1.29 is 0 Å². The van der Waals surface area contributed by atoms with Crippen LogP contribution in [-0.4, -0.2) is 4.98 Å². The lowest BCUT2D eigenvalue weighted by Gasteiger charge is -2.03. The summed E-state index contributed by atoms with van der Waals surface area (Å²) in [6.45, 7) is 2.56. The summed E-state index contributed by atoms with van der Waals surface area (Å²) < 4.78 is 0. The molecule has 0 atom stereocenters. The molecule has 1 aromatic carbocycles. The molecule has 0 spiro atoms. The summed E-state index contributed by atoms with van der Waals surface area (Å²) in [6, 6.07) is 14.3. The number of halogens is 1. The van der Waals surface area contributed by atoms with Gasteiger partial charge in [0.25, 0.3) is 0 Å². The van der Waals surface area contributed by atoms with Gasteiger partial charge >= 0.3 is 0 Å². The number of aromatic nitrogens is 1. The molecule has 0 bridgehead atoms. The molecule has 2 N–H and O–H groups in total. The molecule has 2 rings (SSSR count). The number of aryl methyl sites for hydroxylation is 1. The van der Waals surface area contributed by atoms with Gasteiger partial charge in [0, 0.05) is 12.1 Å². The summed E-state index contributed by atoms with van der Waals surface area (Å²) in [6.07, 6.45) is 0. The molecule has 0 aliphatic rings. The second kappa shape index (κ2) is 5.64. The van der Waals surface area contributed by atoms with Gasteiger partial charge in [0.05, 0.1) is 11.4 Å².